The zero-order valence-corrected chi connectivity index (χ0v) is 18.7. The summed E-state index contributed by atoms with van der Waals surface area (Å²) in [4.78, 5) is 25.9. The second-order valence-corrected chi connectivity index (χ2v) is 9.59. The van der Waals surface area contributed by atoms with Crippen LogP contribution in [0.3, 0.4) is 0 Å². The van der Waals surface area contributed by atoms with Crippen LogP contribution in [0.4, 0.5) is 5.69 Å². The Hall–Kier alpha value is -3.04. The summed E-state index contributed by atoms with van der Waals surface area (Å²) in [5.41, 5.74) is 10.9. The Balaban J connectivity index is 1.49. The van der Waals surface area contributed by atoms with Gasteiger partial charge in [-0.05, 0) is 36.5 Å². The third-order valence-corrected chi connectivity index (χ3v) is 7.62. The van der Waals surface area contributed by atoms with Gasteiger partial charge in [-0.25, -0.2) is 9.97 Å². The fourth-order valence-electron chi connectivity index (χ4n) is 4.58. The lowest BCUT2D eigenvalue weighted by molar-refractivity contribution is 0.0307. The van der Waals surface area contributed by atoms with Crippen molar-refractivity contribution in [1.82, 2.24) is 24.6 Å². The van der Waals surface area contributed by atoms with Crippen LogP contribution >= 0.6 is 11.3 Å². The van der Waals surface area contributed by atoms with Crippen molar-refractivity contribution in [2.75, 3.05) is 32.0 Å². The summed E-state index contributed by atoms with van der Waals surface area (Å²) in [5, 5.41) is 6.30. The molecule has 2 aliphatic rings. The number of morpholine rings is 1. The SMILES string of the molecule is Cn1cc2cc(-c3cc(C4CCC4)c4c(N)c(C(=O)N5CCOCC5)sc4n3)cnc2n1. The molecule has 1 aliphatic carbocycles. The molecule has 1 amide bonds. The zero-order valence-electron chi connectivity index (χ0n) is 17.9. The number of nitrogens with two attached hydrogens (primary N) is 1. The first-order chi connectivity index (χ1) is 15.6. The summed E-state index contributed by atoms with van der Waals surface area (Å²) in [5.74, 6) is 0.436. The molecule has 2 fully saturated rings. The average molecular weight is 449 g/mol. The number of rotatable bonds is 3. The van der Waals surface area contributed by atoms with E-state index in [1.807, 2.05) is 24.3 Å². The molecule has 0 bridgehead atoms. The lowest BCUT2D eigenvalue weighted by Crippen LogP contribution is -2.40. The molecule has 6 rings (SSSR count). The van der Waals surface area contributed by atoms with E-state index in [1.54, 1.807) is 4.68 Å². The van der Waals surface area contributed by atoms with Gasteiger partial charge in [-0.1, -0.05) is 6.42 Å². The summed E-state index contributed by atoms with van der Waals surface area (Å²) >= 11 is 1.40. The van der Waals surface area contributed by atoms with E-state index >= 15 is 0 Å². The Bertz CT molecular complexity index is 1350. The van der Waals surface area contributed by atoms with Gasteiger partial charge in [0.05, 0.1) is 24.6 Å². The lowest BCUT2D eigenvalue weighted by Gasteiger charge is -2.27. The predicted octanol–water partition coefficient (Wildman–Crippen LogP) is 3.57. The second kappa shape index (κ2) is 7.53. The van der Waals surface area contributed by atoms with Gasteiger partial charge in [0.15, 0.2) is 5.65 Å². The third-order valence-electron chi connectivity index (χ3n) is 6.54. The standard InChI is InChI=1S/C23H24N6O2S/c1-28-12-15-9-14(11-25-21(15)27-28)17-10-16(13-3-2-4-13)18-19(24)20(32-22(18)26-17)23(30)29-5-7-31-8-6-29/h9-13H,2-8,24H2,1H3. The molecule has 1 aliphatic heterocycles. The van der Waals surface area contributed by atoms with Gasteiger partial charge >= 0.3 is 0 Å². The molecule has 1 saturated carbocycles. The summed E-state index contributed by atoms with van der Waals surface area (Å²) in [6, 6.07) is 4.22. The minimum atomic E-state index is -0.0200. The van der Waals surface area contributed by atoms with Gasteiger partial charge in [-0.2, -0.15) is 5.10 Å². The van der Waals surface area contributed by atoms with Crippen LogP contribution in [-0.2, 0) is 11.8 Å². The number of carbonyl (C=O) groups is 1. The minimum Gasteiger partial charge on any atom is -0.397 e. The van der Waals surface area contributed by atoms with E-state index in [-0.39, 0.29) is 5.91 Å². The zero-order chi connectivity index (χ0) is 21.8. The highest BCUT2D eigenvalue weighted by atomic mass is 32.1. The molecule has 4 aromatic rings. The van der Waals surface area contributed by atoms with E-state index in [4.69, 9.17) is 15.5 Å². The fraction of sp³-hybridized carbons (Fsp3) is 0.391. The minimum absolute atomic E-state index is 0.0200. The Morgan fingerprint density at radius 2 is 2.06 bits per heavy atom. The maximum Gasteiger partial charge on any atom is 0.266 e. The summed E-state index contributed by atoms with van der Waals surface area (Å²) < 4.78 is 7.16. The lowest BCUT2D eigenvalue weighted by atomic mass is 9.78. The predicted molar refractivity (Wildman–Crippen MR) is 125 cm³/mol. The number of aryl methyl sites for hydroxylation is 1. The first kappa shape index (κ1) is 19.6. The van der Waals surface area contributed by atoms with Gasteiger partial charge in [-0.15, -0.1) is 11.3 Å². The molecule has 164 valence electrons. The van der Waals surface area contributed by atoms with E-state index in [1.165, 1.54) is 23.3 Å². The van der Waals surface area contributed by atoms with Crippen molar-refractivity contribution < 1.29 is 9.53 Å². The molecule has 0 aromatic carbocycles. The number of ether oxygens (including phenoxy) is 1. The normalized spacial score (nSPS) is 17.2. The molecular formula is C23H24N6O2S. The monoisotopic (exact) mass is 448 g/mol. The maximum absolute atomic E-state index is 13.2. The fourth-order valence-corrected chi connectivity index (χ4v) is 5.68. The van der Waals surface area contributed by atoms with Crippen molar-refractivity contribution in [2.24, 2.45) is 7.05 Å². The average Bonchev–Trinajstić information content (AvgIpc) is 3.30. The van der Waals surface area contributed by atoms with Crippen LogP contribution < -0.4 is 5.73 Å². The van der Waals surface area contributed by atoms with Crippen LogP contribution in [0.2, 0.25) is 0 Å². The van der Waals surface area contributed by atoms with E-state index in [0.29, 0.717) is 42.8 Å². The molecule has 0 radical (unpaired) electrons. The van der Waals surface area contributed by atoms with Crippen LogP contribution in [0.25, 0.3) is 32.5 Å². The van der Waals surface area contributed by atoms with Crippen molar-refractivity contribution in [3.8, 4) is 11.3 Å². The summed E-state index contributed by atoms with van der Waals surface area (Å²) in [6.45, 7) is 2.32. The molecule has 0 unspecified atom stereocenters. The van der Waals surface area contributed by atoms with Crippen LogP contribution in [0.5, 0.6) is 0 Å². The number of fused-ring (bicyclic) bond motifs is 2. The van der Waals surface area contributed by atoms with Crippen LogP contribution in [-0.4, -0.2) is 56.9 Å². The number of nitrogens with zero attached hydrogens (tertiary/aromatic N) is 5. The largest absolute Gasteiger partial charge is 0.397 e. The van der Waals surface area contributed by atoms with E-state index < -0.39 is 0 Å². The number of aromatic nitrogens is 4. The summed E-state index contributed by atoms with van der Waals surface area (Å²) in [6.07, 6.45) is 7.28. The topological polar surface area (TPSA) is 99.2 Å². The molecule has 0 atom stereocenters. The van der Waals surface area contributed by atoms with Crippen molar-refractivity contribution in [3.05, 3.63) is 35.0 Å². The quantitative estimate of drug-likeness (QED) is 0.514. The van der Waals surface area contributed by atoms with Gasteiger partial charge in [-0.3, -0.25) is 9.48 Å². The summed E-state index contributed by atoms with van der Waals surface area (Å²) in [7, 11) is 1.89. The molecule has 9 heteroatoms. The van der Waals surface area contributed by atoms with Crippen molar-refractivity contribution in [2.45, 2.75) is 25.2 Å². The highest BCUT2D eigenvalue weighted by molar-refractivity contribution is 7.21. The number of amides is 1. The highest BCUT2D eigenvalue weighted by Crippen LogP contribution is 2.45. The van der Waals surface area contributed by atoms with Gasteiger partial charge in [0, 0.05) is 48.9 Å². The van der Waals surface area contributed by atoms with Gasteiger partial charge in [0.1, 0.15) is 9.71 Å². The molecule has 4 aromatic heterocycles. The Morgan fingerprint density at radius 1 is 1.25 bits per heavy atom. The molecule has 8 nitrogen and oxygen atoms in total. The number of hydrogen-bond acceptors (Lipinski definition) is 7. The molecule has 5 heterocycles. The number of anilines is 1. The smallest absolute Gasteiger partial charge is 0.266 e. The number of thiophene rings is 1. The Kier molecular flexibility index (Phi) is 4.62. The van der Waals surface area contributed by atoms with E-state index in [9.17, 15) is 4.79 Å². The molecule has 1 saturated heterocycles. The highest BCUT2D eigenvalue weighted by Gasteiger charge is 2.29. The van der Waals surface area contributed by atoms with Gasteiger partial charge < -0.3 is 15.4 Å². The third kappa shape index (κ3) is 3.15. The van der Waals surface area contributed by atoms with Crippen molar-refractivity contribution in [3.63, 3.8) is 0 Å². The number of hydrogen-bond donors (Lipinski definition) is 1. The number of pyridine rings is 2. The molecule has 2 N–H and O–H groups in total. The van der Waals surface area contributed by atoms with Crippen molar-refractivity contribution in [1.29, 1.82) is 0 Å². The Labute approximate surface area is 189 Å². The van der Waals surface area contributed by atoms with Gasteiger partial charge in [0.25, 0.3) is 5.91 Å². The van der Waals surface area contributed by atoms with E-state index in [2.05, 4.69) is 22.2 Å². The molecule has 0 spiro atoms. The van der Waals surface area contributed by atoms with Crippen LogP contribution in [0, 0.1) is 0 Å². The first-order valence-corrected chi connectivity index (χ1v) is 11.8. The maximum atomic E-state index is 13.2. The first-order valence-electron chi connectivity index (χ1n) is 11.0. The van der Waals surface area contributed by atoms with Crippen molar-refractivity contribution >= 4 is 44.2 Å². The molecule has 32 heavy (non-hydrogen) atoms. The second-order valence-electron chi connectivity index (χ2n) is 8.59. The Morgan fingerprint density at radius 3 is 2.81 bits per heavy atom. The molecular weight excluding hydrogens is 424 g/mol. The van der Waals surface area contributed by atoms with Crippen LogP contribution in [0.15, 0.2) is 24.5 Å². The van der Waals surface area contributed by atoms with E-state index in [0.717, 1.165) is 45.3 Å². The van der Waals surface area contributed by atoms with Crippen LogP contribution in [0.1, 0.15) is 40.4 Å². The number of carbonyl (C=O) groups excluding carboxylic acids is 1. The van der Waals surface area contributed by atoms with Gasteiger partial charge in [0.2, 0.25) is 0 Å². The number of nitrogen functional groups attached to an aromatic ring is 1.